The van der Waals surface area contributed by atoms with Crippen LogP contribution < -0.4 is 27.0 Å². The summed E-state index contributed by atoms with van der Waals surface area (Å²) >= 11 is 0. The van der Waals surface area contributed by atoms with Crippen molar-refractivity contribution >= 4 is 35.6 Å². The number of hydrogen-bond donors (Lipinski definition) is 5. The van der Waals surface area contributed by atoms with E-state index in [9.17, 15) is 41.9 Å². The van der Waals surface area contributed by atoms with E-state index < -0.39 is 65.9 Å². The first-order valence-corrected chi connectivity index (χ1v) is 11.3. The van der Waals surface area contributed by atoms with Gasteiger partial charge >= 0.3 is 24.0 Å². The molecule has 0 saturated carbocycles. The van der Waals surface area contributed by atoms with Crippen LogP contribution in [0.3, 0.4) is 0 Å². The minimum Gasteiger partial charge on any atom is -0.468 e. The zero-order valence-electron chi connectivity index (χ0n) is 21.0. The summed E-state index contributed by atoms with van der Waals surface area (Å²) in [6, 6.07) is -4.38. The molecule has 0 saturated heterocycles. The van der Waals surface area contributed by atoms with E-state index in [0.717, 1.165) is 14.2 Å². The SMILES string of the molecule is COC(=O)[C@H](N)CCC(=O)N[C@@H](CCCCNC(=O)C(F)(F)F)C(=O)N[C@H](C)C(=O)N[C@H](C)C(=O)OC. The molecule has 0 aromatic carbocycles. The third-order valence-corrected chi connectivity index (χ3v) is 4.97. The molecule has 0 heterocycles. The molecule has 4 atom stereocenters. The lowest BCUT2D eigenvalue weighted by atomic mass is 10.1. The lowest BCUT2D eigenvalue weighted by Crippen LogP contribution is -2.54. The molecule has 6 N–H and O–H groups in total. The maximum absolute atomic E-state index is 12.8. The smallest absolute Gasteiger partial charge is 0.468 e. The van der Waals surface area contributed by atoms with Gasteiger partial charge in [0.15, 0.2) is 0 Å². The first kappa shape index (κ1) is 33.6. The number of carbonyl (C=O) groups is 6. The second-order valence-electron chi connectivity index (χ2n) is 8.02. The van der Waals surface area contributed by atoms with Gasteiger partial charge in [0.2, 0.25) is 17.7 Å². The van der Waals surface area contributed by atoms with E-state index in [2.05, 4.69) is 25.4 Å². The Morgan fingerprint density at radius 2 is 1.38 bits per heavy atom. The van der Waals surface area contributed by atoms with Crippen molar-refractivity contribution in [3.05, 3.63) is 0 Å². The molecule has 37 heavy (non-hydrogen) atoms. The van der Waals surface area contributed by atoms with E-state index in [1.165, 1.54) is 13.8 Å². The lowest BCUT2D eigenvalue weighted by Gasteiger charge is -2.22. The highest BCUT2D eigenvalue weighted by Gasteiger charge is 2.38. The molecule has 0 aliphatic rings. The minimum absolute atomic E-state index is 0.0462. The molecule has 0 unspecified atom stereocenters. The number of alkyl halides is 3. The third-order valence-electron chi connectivity index (χ3n) is 4.97. The molecule has 16 heteroatoms. The summed E-state index contributed by atoms with van der Waals surface area (Å²) in [5, 5.41) is 8.85. The number of unbranched alkanes of at least 4 members (excludes halogenated alkanes) is 1. The van der Waals surface area contributed by atoms with Crippen molar-refractivity contribution in [1.29, 1.82) is 0 Å². The van der Waals surface area contributed by atoms with E-state index in [0.29, 0.717) is 0 Å². The van der Waals surface area contributed by atoms with E-state index >= 15 is 0 Å². The highest BCUT2D eigenvalue weighted by molar-refractivity contribution is 5.93. The number of amides is 4. The minimum atomic E-state index is -5.02. The Hall–Kier alpha value is -3.43. The normalized spacial score (nSPS) is 14.3. The molecule has 13 nitrogen and oxygen atoms in total. The van der Waals surface area contributed by atoms with Crippen LogP contribution in [0.4, 0.5) is 13.2 Å². The Morgan fingerprint density at radius 3 is 1.92 bits per heavy atom. The number of esters is 2. The number of ether oxygens (including phenoxy) is 2. The van der Waals surface area contributed by atoms with Crippen LogP contribution in [0.2, 0.25) is 0 Å². The molecule has 0 radical (unpaired) electrons. The zero-order chi connectivity index (χ0) is 28.8. The van der Waals surface area contributed by atoms with Gasteiger partial charge in [-0.1, -0.05) is 0 Å². The van der Waals surface area contributed by atoms with Crippen LogP contribution in [-0.2, 0) is 38.2 Å². The monoisotopic (exact) mass is 541 g/mol. The van der Waals surface area contributed by atoms with Gasteiger partial charge in [-0.25, -0.2) is 4.79 Å². The van der Waals surface area contributed by atoms with E-state index in [-0.39, 0.29) is 38.6 Å². The van der Waals surface area contributed by atoms with Crippen LogP contribution in [0.5, 0.6) is 0 Å². The van der Waals surface area contributed by atoms with Crippen LogP contribution in [0, 0.1) is 0 Å². The van der Waals surface area contributed by atoms with Gasteiger partial charge in [0.25, 0.3) is 0 Å². The van der Waals surface area contributed by atoms with Crippen molar-refractivity contribution in [3.63, 3.8) is 0 Å². The standard InChI is InChI=1S/C21H34F3N5O8/c1-11(16(31)28-12(2)18(33)36-3)27-17(32)14(7-5-6-10-26-20(35)21(22,23)24)29-15(30)9-8-13(25)19(34)37-4/h11-14H,5-10,25H2,1-4H3,(H,26,35)(H,27,32)(H,28,31)(H,29,30)/t11-,12-,13-,14+/m1/s1. The molecule has 4 amide bonds. The van der Waals surface area contributed by atoms with Gasteiger partial charge in [0.05, 0.1) is 14.2 Å². The van der Waals surface area contributed by atoms with E-state index in [4.69, 9.17) is 5.73 Å². The largest absolute Gasteiger partial charge is 0.471 e. The van der Waals surface area contributed by atoms with Gasteiger partial charge in [-0.2, -0.15) is 13.2 Å². The molecular weight excluding hydrogens is 507 g/mol. The Labute approximate surface area is 211 Å². The molecule has 0 bridgehead atoms. The first-order valence-electron chi connectivity index (χ1n) is 11.3. The van der Waals surface area contributed by atoms with Crippen molar-refractivity contribution < 1.29 is 51.4 Å². The highest BCUT2D eigenvalue weighted by atomic mass is 19.4. The van der Waals surface area contributed by atoms with E-state index in [1.807, 2.05) is 0 Å². The van der Waals surface area contributed by atoms with Crippen LogP contribution in [-0.4, -0.2) is 86.7 Å². The molecule has 212 valence electrons. The second-order valence-corrected chi connectivity index (χ2v) is 8.02. The Kier molecular flexibility index (Phi) is 14.8. The van der Waals surface area contributed by atoms with E-state index in [1.54, 1.807) is 5.32 Å². The highest BCUT2D eigenvalue weighted by Crippen LogP contribution is 2.14. The van der Waals surface area contributed by atoms with Gasteiger partial charge in [-0.15, -0.1) is 0 Å². The molecule has 0 fully saturated rings. The summed E-state index contributed by atoms with van der Waals surface area (Å²) in [7, 11) is 2.26. The average molecular weight is 542 g/mol. The van der Waals surface area contributed by atoms with Crippen LogP contribution in [0.15, 0.2) is 0 Å². The molecule has 0 aromatic rings. The van der Waals surface area contributed by atoms with Gasteiger partial charge in [-0.05, 0) is 39.5 Å². The fraction of sp³-hybridized carbons (Fsp3) is 0.714. The van der Waals surface area contributed by atoms with Crippen molar-refractivity contribution in [2.45, 2.75) is 76.3 Å². The maximum atomic E-state index is 12.8. The molecule has 0 aliphatic carbocycles. The maximum Gasteiger partial charge on any atom is 0.471 e. The third kappa shape index (κ3) is 13.5. The van der Waals surface area contributed by atoms with Crippen LogP contribution in [0.1, 0.15) is 46.0 Å². The summed E-state index contributed by atoms with van der Waals surface area (Å²) < 4.78 is 45.7. The first-order chi connectivity index (χ1) is 17.1. The molecule has 0 aromatic heterocycles. The van der Waals surface area contributed by atoms with Gasteiger partial charge in [0, 0.05) is 13.0 Å². The quantitative estimate of drug-likeness (QED) is 0.125. The number of carbonyl (C=O) groups excluding carboxylic acids is 6. The molecule has 0 aliphatic heterocycles. The molecular formula is C21H34F3N5O8. The molecule has 0 rings (SSSR count). The Balaban J connectivity index is 5.08. The van der Waals surface area contributed by atoms with Gasteiger partial charge < -0.3 is 36.5 Å². The second kappa shape index (κ2) is 16.3. The Bertz CT molecular complexity index is 824. The number of methoxy groups -OCH3 is 2. The number of halogens is 3. The number of hydrogen-bond acceptors (Lipinski definition) is 9. The van der Waals surface area contributed by atoms with Crippen LogP contribution in [0.25, 0.3) is 0 Å². The number of nitrogens with two attached hydrogens (primary N) is 1. The fourth-order valence-electron chi connectivity index (χ4n) is 2.82. The van der Waals surface area contributed by atoms with Crippen LogP contribution >= 0.6 is 0 Å². The summed E-state index contributed by atoms with van der Waals surface area (Å²) in [5.74, 6) is -5.68. The summed E-state index contributed by atoms with van der Waals surface area (Å²) in [5.41, 5.74) is 5.58. The summed E-state index contributed by atoms with van der Waals surface area (Å²) in [4.78, 5) is 71.0. The van der Waals surface area contributed by atoms with Crippen molar-refractivity contribution in [3.8, 4) is 0 Å². The zero-order valence-corrected chi connectivity index (χ0v) is 21.0. The number of nitrogens with one attached hydrogen (secondary N) is 4. The fourth-order valence-corrected chi connectivity index (χ4v) is 2.82. The van der Waals surface area contributed by atoms with Gasteiger partial charge in [0.1, 0.15) is 24.2 Å². The van der Waals surface area contributed by atoms with Gasteiger partial charge in [-0.3, -0.25) is 24.0 Å². The lowest BCUT2D eigenvalue weighted by molar-refractivity contribution is -0.173. The summed E-state index contributed by atoms with van der Waals surface area (Å²) in [6.07, 6.45) is -5.21. The predicted molar refractivity (Wildman–Crippen MR) is 121 cm³/mol. The van der Waals surface area contributed by atoms with Crippen molar-refractivity contribution in [2.75, 3.05) is 20.8 Å². The average Bonchev–Trinajstić information content (AvgIpc) is 2.83. The number of rotatable bonds is 15. The van der Waals surface area contributed by atoms with Crippen molar-refractivity contribution in [1.82, 2.24) is 21.3 Å². The predicted octanol–water partition coefficient (Wildman–Crippen LogP) is -1.22. The Morgan fingerprint density at radius 1 is 0.811 bits per heavy atom. The molecule has 0 spiro atoms. The van der Waals surface area contributed by atoms with Crippen molar-refractivity contribution in [2.24, 2.45) is 5.73 Å². The summed E-state index contributed by atoms with van der Waals surface area (Å²) in [6.45, 7) is 2.38. The topological polar surface area (TPSA) is 195 Å².